The molecule has 0 bridgehead atoms. The average Bonchev–Trinajstić information content (AvgIpc) is 2.72. The summed E-state index contributed by atoms with van der Waals surface area (Å²) in [6, 6.07) is 9.46. The Morgan fingerprint density at radius 3 is 2.59 bits per heavy atom. The van der Waals surface area contributed by atoms with E-state index < -0.39 is 0 Å². The van der Waals surface area contributed by atoms with Gasteiger partial charge in [-0.1, -0.05) is 39.7 Å². The molecule has 0 fully saturated rings. The highest BCUT2D eigenvalue weighted by molar-refractivity contribution is 9.10. The Bertz CT molecular complexity index is 678. The van der Waals surface area contributed by atoms with E-state index >= 15 is 0 Å². The van der Waals surface area contributed by atoms with Crippen molar-refractivity contribution in [3.05, 3.63) is 46.2 Å². The van der Waals surface area contributed by atoms with Crippen molar-refractivity contribution in [1.29, 1.82) is 0 Å². The summed E-state index contributed by atoms with van der Waals surface area (Å²) in [6.45, 7) is 0. The van der Waals surface area contributed by atoms with Gasteiger partial charge in [0.2, 0.25) is 0 Å². The second kappa shape index (κ2) is 4.09. The van der Waals surface area contributed by atoms with Crippen LogP contribution in [-0.4, -0.2) is 19.6 Å². The summed E-state index contributed by atoms with van der Waals surface area (Å²) in [4.78, 5) is 8.40. The Morgan fingerprint density at radius 2 is 1.82 bits per heavy atom. The van der Waals surface area contributed by atoms with Gasteiger partial charge in [-0.2, -0.15) is 9.97 Å². The third-order valence-corrected chi connectivity index (χ3v) is 3.01. The first kappa shape index (κ1) is 10.7. The summed E-state index contributed by atoms with van der Waals surface area (Å²) >= 11 is 9.18. The minimum absolute atomic E-state index is 0.409. The van der Waals surface area contributed by atoms with Crippen LogP contribution >= 0.6 is 27.5 Å². The zero-order chi connectivity index (χ0) is 11.8. The van der Waals surface area contributed by atoms with Crippen LogP contribution in [0.2, 0.25) is 5.15 Å². The SMILES string of the molecule is Clc1ccn2nc(-c3ccc(Br)cc3)nc2n1. The fourth-order valence-corrected chi connectivity index (χ4v) is 1.87. The second-order valence-electron chi connectivity index (χ2n) is 3.44. The molecule has 2 heterocycles. The molecular formula is C11H6BrClN4. The fourth-order valence-electron chi connectivity index (χ4n) is 1.48. The maximum absolute atomic E-state index is 5.80. The van der Waals surface area contributed by atoms with Crippen LogP contribution in [0.5, 0.6) is 0 Å². The molecule has 0 spiro atoms. The Hall–Kier alpha value is -1.46. The Labute approximate surface area is 110 Å². The van der Waals surface area contributed by atoms with Crippen molar-refractivity contribution >= 4 is 33.3 Å². The summed E-state index contributed by atoms with van der Waals surface area (Å²) < 4.78 is 2.62. The van der Waals surface area contributed by atoms with Gasteiger partial charge in [-0.25, -0.2) is 4.52 Å². The average molecular weight is 310 g/mol. The first-order chi connectivity index (χ1) is 8.22. The standard InChI is InChI=1S/C11H6BrClN4/c12-8-3-1-7(2-4-8)10-15-11-14-9(13)5-6-17(11)16-10/h1-6H. The number of aromatic nitrogens is 4. The lowest BCUT2D eigenvalue weighted by molar-refractivity contribution is 0.943. The molecule has 0 unspecified atom stereocenters. The Morgan fingerprint density at radius 1 is 1.06 bits per heavy atom. The molecule has 0 amide bonds. The van der Waals surface area contributed by atoms with Crippen LogP contribution in [-0.2, 0) is 0 Å². The van der Waals surface area contributed by atoms with E-state index in [9.17, 15) is 0 Å². The Balaban J connectivity index is 2.14. The quantitative estimate of drug-likeness (QED) is 0.648. The third kappa shape index (κ3) is 2.03. The predicted molar refractivity (Wildman–Crippen MR) is 68.9 cm³/mol. The zero-order valence-corrected chi connectivity index (χ0v) is 10.9. The number of hydrogen-bond donors (Lipinski definition) is 0. The van der Waals surface area contributed by atoms with Gasteiger partial charge in [-0.15, -0.1) is 5.10 Å². The van der Waals surface area contributed by atoms with E-state index in [2.05, 4.69) is 31.0 Å². The highest BCUT2D eigenvalue weighted by atomic mass is 79.9. The van der Waals surface area contributed by atoms with Gasteiger partial charge in [-0.3, -0.25) is 0 Å². The smallest absolute Gasteiger partial charge is 0.204 e. The number of fused-ring (bicyclic) bond motifs is 1. The van der Waals surface area contributed by atoms with Crippen molar-refractivity contribution in [3.63, 3.8) is 0 Å². The highest BCUT2D eigenvalue weighted by Gasteiger charge is 2.07. The molecule has 3 rings (SSSR count). The van der Waals surface area contributed by atoms with Crippen molar-refractivity contribution in [2.24, 2.45) is 0 Å². The van der Waals surface area contributed by atoms with Crippen LogP contribution in [0, 0.1) is 0 Å². The van der Waals surface area contributed by atoms with Gasteiger partial charge in [0.05, 0.1) is 0 Å². The molecule has 0 saturated carbocycles. The molecular weight excluding hydrogens is 304 g/mol. The molecule has 3 aromatic rings. The molecule has 6 heteroatoms. The molecule has 84 valence electrons. The van der Waals surface area contributed by atoms with E-state index in [0.29, 0.717) is 16.8 Å². The van der Waals surface area contributed by atoms with Crippen LogP contribution in [0.25, 0.3) is 17.2 Å². The second-order valence-corrected chi connectivity index (χ2v) is 4.74. The molecule has 0 saturated heterocycles. The first-order valence-corrected chi connectivity index (χ1v) is 6.04. The van der Waals surface area contributed by atoms with Crippen molar-refractivity contribution in [1.82, 2.24) is 19.6 Å². The lowest BCUT2D eigenvalue weighted by Gasteiger charge is -1.93. The number of benzene rings is 1. The summed E-state index contributed by atoms with van der Waals surface area (Å²) in [6.07, 6.45) is 1.74. The van der Waals surface area contributed by atoms with Gasteiger partial charge < -0.3 is 0 Å². The minimum Gasteiger partial charge on any atom is -0.204 e. The third-order valence-electron chi connectivity index (χ3n) is 2.28. The van der Waals surface area contributed by atoms with Gasteiger partial charge in [0, 0.05) is 16.2 Å². The van der Waals surface area contributed by atoms with Crippen molar-refractivity contribution in [2.75, 3.05) is 0 Å². The maximum Gasteiger partial charge on any atom is 0.254 e. The first-order valence-electron chi connectivity index (χ1n) is 4.87. The summed E-state index contributed by atoms with van der Waals surface area (Å²) in [5.41, 5.74) is 0.940. The fraction of sp³-hybridized carbons (Fsp3) is 0. The number of hydrogen-bond acceptors (Lipinski definition) is 3. The molecule has 0 aliphatic carbocycles. The summed E-state index contributed by atoms with van der Waals surface area (Å²) in [7, 11) is 0. The normalized spacial score (nSPS) is 10.9. The van der Waals surface area contributed by atoms with E-state index in [-0.39, 0.29) is 0 Å². The molecule has 2 aromatic heterocycles. The molecule has 0 atom stereocenters. The van der Waals surface area contributed by atoms with E-state index in [1.807, 2.05) is 24.3 Å². The monoisotopic (exact) mass is 308 g/mol. The maximum atomic E-state index is 5.80. The van der Waals surface area contributed by atoms with Gasteiger partial charge >= 0.3 is 0 Å². The van der Waals surface area contributed by atoms with E-state index in [1.54, 1.807) is 16.8 Å². The molecule has 17 heavy (non-hydrogen) atoms. The largest absolute Gasteiger partial charge is 0.254 e. The van der Waals surface area contributed by atoms with Crippen LogP contribution in [0.1, 0.15) is 0 Å². The molecule has 0 N–H and O–H groups in total. The molecule has 0 aliphatic rings. The number of nitrogens with zero attached hydrogens (tertiary/aromatic N) is 4. The summed E-state index contributed by atoms with van der Waals surface area (Å²) in [5, 5.41) is 4.73. The van der Waals surface area contributed by atoms with Gasteiger partial charge in [0.25, 0.3) is 5.78 Å². The summed E-state index contributed by atoms with van der Waals surface area (Å²) in [5.74, 6) is 1.13. The zero-order valence-electron chi connectivity index (χ0n) is 8.51. The lowest BCUT2D eigenvalue weighted by atomic mass is 10.2. The van der Waals surface area contributed by atoms with Crippen molar-refractivity contribution < 1.29 is 0 Å². The van der Waals surface area contributed by atoms with E-state index in [4.69, 9.17) is 11.6 Å². The van der Waals surface area contributed by atoms with Gasteiger partial charge in [0.15, 0.2) is 5.82 Å². The Kier molecular flexibility index (Phi) is 2.57. The minimum atomic E-state index is 0.409. The number of halogens is 2. The molecule has 0 aliphatic heterocycles. The molecule has 1 aromatic carbocycles. The van der Waals surface area contributed by atoms with E-state index in [1.165, 1.54) is 0 Å². The van der Waals surface area contributed by atoms with Crippen LogP contribution in [0.3, 0.4) is 0 Å². The van der Waals surface area contributed by atoms with E-state index in [0.717, 1.165) is 10.0 Å². The molecule has 0 radical (unpaired) electrons. The number of rotatable bonds is 1. The van der Waals surface area contributed by atoms with Gasteiger partial charge in [-0.05, 0) is 18.2 Å². The van der Waals surface area contributed by atoms with Gasteiger partial charge in [0.1, 0.15) is 5.15 Å². The van der Waals surface area contributed by atoms with Crippen LogP contribution in [0.4, 0.5) is 0 Å². The predicted octanol–water partition coefficient (Wildman–Crippen LogP) is 3.21. The highest BCUT2D eigenvalue weighted by Crippen LogP contribution is 2.19. The lowest BCUT2D eigenvalue weighted by Crippen LogP contribution is -1.88. The van der Waals surface area contributed by atoms with Crippen molar-refractivity contribution in [3.8, 4) is 11.4 Å². The van der Waals surface area contributed by atoms with Crippen molar-refractivity contribution in [2.45, 2.75) is 0 Å². The van der Waals surface area contributed by atoms with Crippen LogP contribution in [0.15, 0.2) is 41.0 Å². The topological polar surface area (TPSA) is 43.1 Å². The molecule has 4 nitrogen and oxygen atoms in total. The van der Waals surface area contributed by atoms with Crippen LogP contribution < -0.4 is 0 Å².